The zero-order chi connectivity index (χ0) is 22.4. The number of carbonyl (C=O) groups is 2. The Morgan fingerprint density at radius 3 is 2.26 bits per heavy atom. The molecule has 0 fully saturated rings. The molecule has 7 nitrogen and oxygen atoms in total. The van der Waals surface area contributed by atoms with Crippen molar-refractivity contribution in [3.63, 3.8) is 0 Å². The normalized spacial score (nSPS) is 11.4. The van der Waals surface area contributed by atoms with Gasteiger partial charge in [0, 0.05) is 39.0 Å². The number of nitro groups is 1. The molecule has 3 aromatic carbocycles. The van der Waals surface area contributed by atoms with Crippen molar-refractivity contribution in [3.05, 3.63) is 93.5 Å². The molecule has 0 aliphatic heterocycles. The number of benzene rings is 3. The van der Waals surface area contributed by atoms with Crippen LogP contribution in [0.5, 0.6) is 0 Å². The minimum Gasteiger partial charge on any atom is -0.325 e. The molecule has 1 atom stereocenters. The molecule has 0 radical (unpaired) electrons. The average molecular weight is 456 g/mol. The lowest BCUT2D eigenvalue weighted by molar-refractivity contribution is -0.384. The van der Waals surface area contributed by atoms with Gasteiger partial charge in [0.2, 0.25) is 5.91 Å². The number of rotatable bonds is 7. The molecule has 0 bridgehead atoms. The average Bonchev–Trinajstić information content (AvgIpc) is 2.74. The molecule has 0 spiro atoms. The summed E-state index contributed by atoms with van der Waals surface area (Å²) in [5.41, 5.74) is 1.39. The number of halogens is 1. The fourth-order valence-corrected chi connectivity index (χ4v) is 3.77. The highest BCUT2D eigenvalue weighted by molar-refractivity contribution is 8.00. The first-order valence-corrected chi connectivity index (χ1v) is 10.5. The summed E-state index contributed by atoms with van der Waals surface area (Å²) in [4.78, 5) is 35.9. The van der Waals surface area contributed by atoms with Gasteiger partial charge < -0.3 is 10.6 Å². The lowest BCUT2D eigenvalue weighted by atomic mass is 10.2. The van der Waals surface area contributed by atoms with Crippen molar-refractivity contribution < 1.29 is 14.5 Å². The maximum atomic E-state index is 12.5. The second-order valence-electron chi connectivity index (χ2n) is 6.55. The first kappa shape index (κ1) is 22.3. The number of nitro benzene ring substituents is 1. The molecule has 0 saturated heterocycles. The Morgan fingerprint density at radius 1 is 0.968 bits per heavy atom. The van der Waals surface area contributed by atoms with E-state index in [2.05, 4.69) is 10.6 Å². The third-order valence-electron chi connectivity index (χ3n) is 4.21. The van der Waals surface area contributed by atoms with Gasteiger partial charge in [0.1, 0.15) is 0 Å². The Hall–Kier alpha value is -3.36. The van der Waals surface area contributed by atoms with E-state index in [0.717, 1.165) is 4.90 Å². The maximum absolute atomic E-state index is 12.5. The molecule has 0 aliphatic rings. The maximum Gasteiger partial charge on any atom is 0.269 e. The number of nitrogens with one attached hydrogen (secondary N) is 2. The standard InChI is InChI=1S/C22H18ClN3O4S/c1-14(21(27)24-17-5-2-4-16(23)12-17)31-20-7-3-6-18(13-20)25-22(28)15-8-10-19(11-9-15)26(29)30/h2-14H,1H3,(H,24,27)(H,25,28). The second kappa shape index (κ2) is 10.1. The van der Waals surface area contributed by atoms with Crippen molar-refractivity contribution in [1.82, 2.24) is 0 Å². The number of thioether (sulfide) groups is 1. The number of anilines is 2. The number of non-ortho nitro benzene ring substituents is 1. The van der Waals surface area contributed by atoms with Gasteiger partial charge in [0.25, 0.3) is 11.6 Å². The Morgan fingerprint density at radius 2 is 1.61 bits per heavy atom. The Balaban J connectivity index is 1.62. The molecule has 0 saturated carbocycles. The van der Waals surface area contributed by atoms with Gasteiger partial charge in [-0.1, -0.05) is 23.7 Å². The van der Waals surface area contributed by atoms with Crippen molar-refractivity contribution in [2.45, 2.75) is 17.1 Å². The van der Waals surface area contributed by atoms with Crippen LogP contribution in [-0.4, -0.2) is 22.0 Å². The fourth-order valence-electron chi connectivity index (χ4n) is 2.65. The monoisotopic (exact) mass is 455 g/mol. The fraction of sp³-hybridized carbons (Fsp3) is 0.0909. The van der Waals surface area contributed by atoms with Crippen molar-refractivity contribution >= 4 is 52.2 Å². The van der Waals surface area contributed by atoms with Crippen molar-refractivity contribution in [1.29, 1.82) is 0 Å². The molecular formula is C22H18ClN3O4S. The zero-order valence-electron chi connectivity index (χ0n) is 16.4. The topological polar surface area (TPSA) is 101 Å². The molecule has 0 aliphatic carbocycles. The Kier molecular flexibility index (Phi) is 7.28. The minimum atomic E-state index is -0.522. The minimum absolute atomic E-state index is 0.0833. The van der Waals surface area contributed by atoms with Crippen LogP contribution in [0.25, 0.3) is 0 Å². The number of carbonyl (C=O) groups excluding carboxylic acids is 2. The molecule has 31 heavy (non-hydrogen) atoms. The highest BCUT2D eigenvalue weighted by Gasteiger charge is 2.16. The summed E-state index contributed by atoms with van der Waals surface area (Å²) in [7, 11) is 0. The SMILES string of the molecule is CC(Sc1cccc(NC(=O)c2ccc([N+](=O)[O-])cc2)c1)C(=O)Nc1cccc(Cl)c1. The quantitative estimate of drug-likeness (QED) is 0.273. The van der Waals surface area contributed by atoms with Gasteiger partial charge in [-0.15, -0.1) is 11.8 Å². The van der Waals surface area contributed by atoms with Crippen LogP contribution in [0.2, 0.25) is 5.02 Å². The molecule has 158 valence electrons. The number of nitrogens with zero attached hydrogens (tertiary/aromatic N) is 1. The summed E-state index contributed by atoms with van der Waals surface area (Å²) in [5, 5.41) is 16.5. The third-order valence-corrected chi connectivity index (χ3v) is 5.54. The largest absolute Gasteiger partial charge is 0.325 e. The van der Waals surface area contributed by atoms with E-state index in [1.807, 2.05) is 6.07 Å². The van der Waals surface area contributed by atoms with Crippen LogP contribution in [0.15, 0.2) is 77.7 Å². The first-order chi connectivity index (χ1) is 14.8. The van der Waals surface area contributed by atoms with E-state index in [1.54, 1.807) is 49.4 Å². The third kappa shape index (κ3) is 6.31. The van der Waals surface area contributed by atoms with E-state index in [1.165, 1.54) is 36.0 Å². The van der Waals surface area contributed by atoms with E-state index >= 15 is 0 Å². The first-order valence-electron chi connectivity index (χ1n) is 9.21. The molecule has 3 aromatic rings. The van der Waals surface area contributed by atoms with Crippen LogP contribution in [0.3, 0.4) is 0 Å². The van der Waals surface area contributed by atoms with Gasteiger partial charge in [0.15, 0.2) is 0 Å². The summed E-state index contributed by atoms with van der Waals surface area (Å²) in [6.07, 6.45) is 0. The smallest absolute Gasteiger partial charge is 0.269 e. The summed E-state index contributed by atoms with van der Waals surface area (Å²) < 4.78 is 0. The van der Waals surface area contributed by atoms with Crippen LogP contribution in [0, 0.1) is 10.1 Å². The molecule has 9 heteroatoms. The lowest BCUT2D eigenvalue weighted by Crippen LogP contribution is -2.22. The number of hydrogen-bond acceptors (Lipinski definition) is 5. The number of amides is 2. The van der Waals surface area contributed by atoms with Gasteiger partial charge in [0.05, 0.1) is 10.2 Å². The van der Waals surface area contributed by atoms with Crippen molar-refractivity contribution in [3.8, 4) is 0 Å². The summed E-state index contributed by atoms with van der Waals surface area (Å²) in [6, 6.07) is 19.4. The summed E-state index contributed by atoms with van der Waals surface area (Å²) >= 11 is 7.29. The zero-order valence-corrected chi connectivity index (χ0v) is 17.9. The van der Waals surface area contributed by atoms with Crippen LogP contribution in [0.1, 0.15) is 17.3 Å². The van der Waals surface area contributed by atoms with Crippen LogP contribution in [0.4, 0.5) is 17.1 Å². The lowest BCUT2D eigenvalue weighted by Gasteiger charge is -2.13. The molecule has 1 unspecified atom stereocenters. The van der Waals surface area contributed by atoms with Crippen LogP contribution < -0.4 is 10.6 Å². The molecular weight excluding hydrogens is 438 g/mol. The van der Waals surface area contributed by atoms with Gasteiger partial charge in [-0.05, 0) is 55.5 Å². The van der Waals surface area contributed by atoms with E-state index in [4.69, 9.17) is 11.6 Å². The molecule has 0 aromatic heterocycles. The van der Waals surface area contributed by atoms with E-state index in [0.29, 0.717) is 22.0 Å². The second-order valence-corrected chi connectivity index (χ2v) is 8.40. The van der Waals surface area contributed by atoms with E-state index in [9.17, 15) is 19.7 Å². The predicted octanol–water partition coefficient (Wildman–Crippen LogP) is 5.62. The Bertz CT molecular complexity index is 1120. The van der Waals surface area contributed by atoms with E-state index < -0.39 is 4.92 Å². The molecule has 2 amide bonds. The van der Waals surface area contributed by atoms with Gasteiger partial charge in [-0.25, -0.2) is 0 Å². The van der Waals surface area contributed by atoms with E-state index in [-0.39, 0.29) is 22.8 Å². The van der Waals surface area contributed by atoms with Crippen molar-refractivity contribution in [2.24, 2.45) is 0 Å². The van der Waals surface area contributed by atoms with Crippen LogP contribution in [-0.2, 0) is 4.79 Å². The van der Waals surface area contributed by atoms with Crippen molar-refractivity contribution in [2.75, 3.05) is 10.6 Å². The Labute approximate surface area is 188 Å². The molecule has 3 rings (SSSR count). The van der Waals surface area contributed by atoms with Gasteiger partial charge in [-0.2, -0.15) is 0 Å². The van der Waals surface area contributed by atoms with Crippen LogP contribution >= 0.6 is 23.4 Å². The van der Waals surface area contributed by atoms with Gasteiger partial charge >= 0.3 is 0 Å². The van der Waals surface area contributed by atoms with Gasteiger partial charge in [-0.3, -0.25) is 19.7 Å². The molecule has 2 N–H and O–H groups in total. The predicted molar refractivity (Wildman–Crippen MR) is 123 cm³/mol. The highest BCUT2D eigenvalue weighted by atomic mass is 35.5. The summed E-state index contributed by atoms with van der Waals surface area (Å²) in [6.45, 7) is 1.78. The summed E-state index contributed by atoms with van der Waals surface area (Å²) in [5.74, 6) is -0.559. The highest BCUT2D eigenvalue weighted by Crippen LogP contribution is 2.27. The molecule has 0 heterocycles. The number of hydrogen-bond donors (Lipinski definition) is 2.